The quantitative estimate of drug-likeness (QED) is 0.823. The lowest BCUT2D eigenvalue weighted by molar-refractivity contribution is 0.0308. The van der Waals surface area contributed by atoms with Crippen molar-refractivity contribution in [2.45, 2.75) is 18.6 Å². The van der Waals surface area contributed by atoms with E-state index >= 15 is 0 Å². The maximum absolute atomic E-state index is 12.1. The summed E-state index contributed by atoms with van der Waals surface area (Å²) in [4.78, 5) is 4.30. The Balaban J connectivity index is 1.79. The van der Waals surface area contributed by atoms with Crippen LogP contribution in [0.5, 0.6) is 0 Å². The van der Waals surface area contributed by atoms with Gasteiger partial charge in [0.1, 0.15) is 0 Å². The van der Waals surface area contributed by atoms with E-state index in [1.54, 1.807) is 6.07 Å². The molecule has 3 rings (SSSR count). The van der Waals surface area contributed by atoms with Gasteiger partial charge in [-0.15, -0.1) is 0 Å². The number of nitrogens with zero attached hydrogens (tertiary/aromatic N) is 3. The van der Waals surface area contributed by atoms with Crippen LogP contribution in [0.25, 0.3) is 0 Å². The highest BCUT2D eigenvalue weighted by Crippen LogP contribution is 2.28. The first kappa shape index (κ1) is 16.4. The zero-order valence-electron chi connectivity index (χ0n) is 12.9. The Morgan fingerprint density at radius 1 is 1.22 bits per heavy atom. The molecule has 1 N–H and O–H groups in total. The predicted molar refractivity (Wildman–Crippen MR) is 86.5 cm³/mol. The highest BCUT2D eigenvalue weighted by Gasteiger charge is 2.46. The Morgan fingerprint density at radius 3 is 2.61 bits per heavy atom. The number of rotatable bonds is 4. The number of β-amino-alcohol motifs (C(OH)–C–C–N with tert-alkyl or cyclic N) is 1. The fourth-order valence-electron chi connectivity index (χ4n) is 3.67. The lowest BCUT2D eigenvalue weighted by Crippen LogP contribution is -2.59. The van der Waals surface area contributed by atoms with E-state index in [1.807, 2.05) is 18.2 Å². The molecule has 0 amide bonds. The topological polar surface area (TPSA) is 84.6 Å². The first-order valence-corrected chi connectivity index (χ1v) is 9.63. The van der Waals surface area contributed by atoms with Gasteiger partial charge >= 0.3 is 0 Å². The summed E-state index contributed by atoms with van der Waals surface area (Å²) in [5, 5.41) is 18.2. The number of benzene rings is 1. The van der Waals surface area contributed by atoms with Crippen LogP contribution in [-0.2, 0) is 16.4 Å². The SMILES string of the molecule is N#Cc1cccc(CN2CCN(CCO)[C@@H]3CS(=O)(=O)C[C@@H]32)c1. The molecule has 0 aliphatic carbocycles. The molecule has 0 aromatic heterocycles. The summed E-state index contributed by atoms with van der Waals surface area (Å²) in [7, 11) is -3.04. The highest BCUT2D eigenvalue weighted by atomic mass is 32.2. The summed E-state index contributed by atoms with van der Waals surface area (Å²) in [5.41, 5.74) is 1.65. The molecule has 0 radical (unpaired) electrons. The first-order valence-electron chi connectivity index (χ1n) is 7.81. The van der Waals surface area contributed by atoms with Crippen molar-refractivity contribution in [1.82, 2.24) is 9.80 Å². The maximum Gasteiger partial charge on any atom is 0.153 e. The summed E-state index contributed by atoms with van der Waals surface area (Å²) in [6.45, 7) is 2.75. The van der Waals surface area contributed by atoms with E-state index in [1.165, 1.54) is 0 Å². The van der Waals surface area contributed by atoms with Gasteiger partial charge in [-0.3, -0.25) is 9.80 Å². The van der Waals surface area contributed by atoms with Crippen LogP contribution in [0.4, 0.5) is 0 Å². The van der Waals surface area contributed by atoms with Gasteiger partial charge < -0.3 is 5.11 Å². The molecular formula is C16H21N3O3S. The summed E-state index contributed by atoms with van der Waals surface area (Å²) in [6, 6.07) is 9.52. The maximum atomic E-state index is 12.1. The van der Waals surface area contributed by atoms with Crippen molar-refractivity contribution in [2.24, 2.45) is 0 Å². The van der Waals surface area contributed by atoms with Crippen molar-refractivity contribution in [3.8, 4) is 6.07 Å². The Labute approximate surface area is 136 Å². The summed E-state index contributed by atoms with van der Waals surface area (Å²) < 4.78 is 24.2. The molecule has 0 bridgehead atoms. The summed E-state index contributed by atoms with van der Waals surface area (Å²) in [6.07, 6.45) is 0. The standard InChI is InChI=1S/C16H21N3O3S/c17-9-13-2-1-3-14(8-13)10-19-5-4-18(6-7-20)15-11-23(21,22)12-16(15)19/h1-3,8,15-16,20H,4-7,10-12H2/t15-,16+/m1/s1. The normalized spacial score (nSPS) is 27.5. The molecule has 2 atom stereocenters. The zero-order chi connectivity index (χ0) is 16.4. The number of sulfone groups is 1. The van der Waals surface area contributed by atoms with Crippen LogP contribution in [0.2, 0.25) is 0 Å². The number of aliphatic hydroxyl groups is 1. The smallest absolute Gasteiger partial charge is 0.153 e. The van der Waals surface area contributed by atoms with E-state index in [9.17, 15) is 13.5 Å². The molecule has 7 heteroatoms. The minimum absolute atomic E-state index is 0.0361. The second-order valence-electron chi connectivity index (χ2n) is 6.25. The molecule has 2 aliphatic rings. The van der Waals surface area contributed by atoms with Crippen molar-refractivity contribution in [3.05, 3.63) is 35.4 Å². The molecule has 0 saturated carbocycles. The second-order valence-corrected chi connectivity index (χ2v) is 8.41. The monoisotopic (exact) mass is 335 g/mol. The van der Waals surface area contributed by atoms with Gasteiger partial charge in [0, 0.05) is 38.3 Å². The zero-order valence-corrected chi connectivity index (χ0v) is 13.7. The molecule has 2 heterocycles. The van der Waals surface area contributed by atoms with E-state index in [0.717, 1.165) is 18.7 Å². The lowest BCUT2D eigenvalue weighted by Gasteiger charge is -2.43. The Morgan fingerprint density at radius 2 is 1.91 bits per heavy atom. The number of hydrogen-bond acceptors (Lipinski definition) is 6. The van der Waals surface area contributed by atoms with Gasteiger partial charge in [-0.05, 0) is 17.7 Å². The third kappa shape index (κ3) is 3.56. The minimum Gasteiger partial charge on any atom is -0.395 e. The van der Waals surface area contributed by atoms with E-state index in [-0.39, 0.29) is 30.2 Å². The van der Waals surface area contributed by atoms with E-state index < -0.39 is 9.84 Å². The van der Waals surface area contributed by atoms with Gasteiger partial charge in [-0.25, -0.2) is 8.42 Å². The number of piperazine rings is 1. The molecule has 1 aromatic carbocycles. The Hall–Kier alpha value is -1.46. The first-order chi connectivity index (χ1) is 11.0. The van der Waals surface area contributed by atoms with Crippen molar-refractivity contribution < 1.29 is 13.5 Å². The number of aliphatic hydroxyl groups excluding tert-OH is 1. The van der Waals surface area contributed by atoms with Crippen molar-refractivity contribution in [3.63, 3.8) is 0 Å². The second kappa shape index (κ2) is 6.57. The van der Waals surface area contributed by atoms with Gasteiger partial charge in [-0.1, -0.05) is 12.1 Å². The lowest BCUT2D eigenvalue weighted by atomic mass is 10.0. The highest BCUT2D eigenvalue weighted by molar-refractivity contribution is 7.91. The fourth-order valence-corrected chi connectivity index (χ4v) is 5.72. The van der Waals surface area contributed by atoms with Crippen LogP contribution in [0.3, 0.4) is 0 Å². The minimum atomic E-state index is -3.04. The fraction of sp³-hybridized carbons (Fsp3) is 0.562. The van der Waals surface area contributed by atoms with E-state index in [0.29, 0.717) is 18.7 Å². The third-order valence-corrected chi connectivity index (χ3v) is 6.43. The van der Waals surface area contributed by atoms with Crippen LogP contribution in [0.1, 0.15) is 11.1 Å². The summed E-state index contributed by atoms with van der Waals surface area (Å²) >= 11 is 0. The average molecular weight is 335 g/mol. The number of fused-ring (bicyclic) bond motifs is 1. The molecule has 124 valence electrons. The van der Waals surface area contributed by atoms with Crippen LogP contribution in [0, 0.1) is 11.3 Å². The molecule has 1 aromatic rings. The van der Waals surface area contributed by atoms with Crippen molar-refractivity contribution >= 4 is 9.84 Å². The molecule has 2 aliphatic heterocycles. The van der Waals surface area contributed by atoms with Gasteiger partial charge in [0.05, 0.1) is 29.7 Å². The average Bonchev–Trinajstić information content (AvgIpc) is 2.86. The van der Waals surface area contributed by atoms with E-state index in [2.05, 4.69) is 15.9 Å². The third-order valence-electron chi connectivity index (χ3n) is 4.73. The van der Waals surface area contributed by atoms with Gasteiger partial charge in [0.2, 0.25) is 0 Å². The summed E-state index contributed by atoms with van der Waals surface area (Å²) in [5.74, 6) is 0.351. The molecule has 2 fully saturated rings. The molecule has 0 spiro atoms. The van der Waals surface area contributed by atoms with Gasteiger partial charge in [0.25, 0.3) is 0 Å². The Bertz CT molecular complexity index is 714. The number of hydrogen-bond donors (Lipinski definition) is 1. The largest absolute Gasteiger partial charge is 0.395 e. The predicted octanol–water partition coefficient (Wildman–Crippen LogP) is -0.166. The molecule has 2 saturated heterocycles. The van der Waals surface area contributed by atoms with E-state index in [4.69, 9.17) is 5.26 Å². The van der Waals surface area contributed by atoms with Crippen molar-refractivity contribution in [2.75, 3.05) is 37.7 Å². The number of nitriles is 1. The Kier molecular flexibility index (Phi) is 4.69. The molecule has 6 nitrogen and oxygen atoms in total. The van der Waals surface area contributed by atoms with Crippen LogP contribution < -0.4 is 0 Å². The van der Waals surface area contributed by atoms with Crippen LogP contribution in [-0.4, -0.2) is 73.2 Å². The van der Waals surface area contributed by atoms with Crippen LogP contribution >= 0.6 is 0 Å². The molecular weight excluding hydrogens is 314 g/mol. The van der Waals surface area contributed by atoms with Crippen LogP contribution in [0.15, 0.2) is 24.3 Å². The van der Waals surface area contributed by atoms with Gasteiger partial charge in [-0.2, -0.15) is 5.26 Å². The molecule has 23 heavy (non-hydrogen) atoms. The molecule has 0 unspecified atom stereocenters. The van der Waals surface area contributed by atoms with Crippen molar-refractivity contribution in [1.29, 1.82) is 5.26 Å². The van der Waals surface area contributed by atoms with Gasteiger partial charge in [0.15, 0.2) is 9.84 Å².